The number of carbonyl (C=O) groups excluding carboxylic acids is 1. The van der Waals surface area contributed by atoms with Gasteiger partial charge in [-0.2, -0.15) is 0 Å². The van der Waals surface area contributed by atoms with Crippen LogP contribution in [0.5, 0.6) is 5.75 Å². The lowest BCUT2D eigenvalue weighted by Crippen LogP contribution is -2.13. The lowest BCUT2D eigenvalue weighted by atomic mass is 10.0. The molecule has 1 amide bonds. The summed E-state index contributed by atoms with van der Waals surface area (Å²) in [6.07, 6.45) is 0. The molecule has 4 nitrogen and oxygen atoms in total. The molecule has 1 heterocycles. The number of rotatable bonds is 4. The van der Waals surface area contributed by atoms with Crippen molar-refractivity contribution in [1.82, 2.24) is 4.98 Å². The van der Waals surface area contributed by atoms with Crippen molar-refractivity contribution in [2.75, 3.05) is 12.4 Å². The van der Waals surface area contributed by atoms with Crippen molar-refractivity contribution in [3.8, 4) is 17.0 Å². The summed E-state index contributed by atoms with van der Waals surface area (Å²) >= 11 is 13.5. The SMILES string of the molecule is COc1c(Cl)cc(Cl)cc1C(=O)Nc1nc(-c2cccc3ccccc23)cs1. The summed E-state index contributed by atoms with van der Waals surface area (Å²) < 4.78 is 5.24. The van der Waals surface area contributed by atoms with Crippen molar-refractivity contribution < 1.29 is 9.53 Å². The third kappa shape index (κ3) is 3.56. The van der Waals surface area contributed by atoms with Crippen LogP contribution in [0.3, 0.4) is 0 Å². The lowest BCUT2D eigenvalue weighted by molar-refractivity contribution is 0.102. The molecule has 0 unspecified atom stereocenters. The molecule has 0 aliphatic heterocycles. The quantitative estimate of drug-likeness (QED) is 0.401. The first-order chi connectivity index (χ1) is 13.6. The van der Waals surface area contributed by atoms with Crippen LogP contribution < -0.4 is 10.1 Å². The fourth-order valence-corrected chi connectivity index (χ4v) is 4.28. The molecule has 0 fully saturated rings. The molecule has 0 aliphatic carbocycles. The van der Waals surface area contributed by atoms with E-state index in [4.69, 9.17) is 27.9 Å². The van der Waals surface area contributed by atoms with Crippen LogP contribution in [-0.4, -0.2) is 18.0 Å². The molecule has 4 rings (SSSR count). The fourth-order valence-electron chi connectivity index (χ4n) is 3.00. The first-order valence-corrected chi connectivity index (χ1v) is 9.98. The van der Waals surface area contributed by atoms with Crippen molar-refractivity contribution >= 4 is 56.3 Å². The maximum absolute atomic E-state index is 12.7. The first kappa shape index (κ1) is 18.7. The van der Waals surface area contributed by atoms with Crippen molar-refractivity contribution in [3.63, 3.8) is 0 Å². The number of anilines is 1. The average Bonchev–Trinajstić information content (AvgIpc) is 3.15. The maximum atomic E-state index is 12.7. The van der Waals surface area contributed by atoms with E-state index in [1.165, 1.54) is 30.6 Å². The van der Waals surface area contributed by atoms with Gasteiger partial charge in [-0.3, -0.25) is 10.1 Å². The molecule has 0 radical (unpaired) electrons. The van der Waals surface area contributed by atoms with E-state index in [9.17, 15) is 4.79 Å². The highest BCUT2D eigenvalue weighted by molar-refractivity contribution is 7.14. The van der Waals surface area contributed by atoms with Gasteiger partial charge in [0.15, 0.2) is 5.13 Å². The van der Waals surface area contributed by atoms with Gasteiger partial charge >= 0.3 is 0 Å². The number of halogens is 2. The zero-order chi connectivity index (χ0) is 19.7. The minimum absolute atomic E-state index is 0.252. The summed E-state index contributed by atoms with van der Waals surface area (Å²) in [7, 11) is 1.45. The Kier molecular flexibility index (Phi) is 5.22. The molecule has 0 saturated carbocycles. The summed E-state index contributed by atoms with van der Waals surface area (Å²) in [5.41, 5.74) is 2.06. The van der Waals surface area contributed by atoms with E-state index in [0.717, 1.165) is 22.0 Å². The van der Waals surface area contributed by atoms with Gasteiger partial charge in [0, 0.05) is 16.0 Å². The second kappa shape index (κ2) is 7.80. The molecule has 1 aromatic heterocycles. The molecule has 0 aliphatic rings. The molecule has 4 aromatic rings. The highest BCUT2D eigenvalue weighted by Crippen LogP contribution is 2.34. The van der Waals surface area contributed by atoms with Gasteiger partial charge in [-0.05, 0) is 22.9 Å². The Hall–Kier alpha value is -2.60. The monoisotopic (exact) mass is 428 g/mol. The Morgan fingerprint density at radius 2 is 1.89 bits per heavy atom. The van der Waals surface area contributed by atoms with Crippen molar-refractivity contribution in [2.45, 2.75) is 0 Å². The molecular formula is C21H14Cl2N2O2S. The first-order valence-electron chi connectivity index (χ1n) is 8.35. The summed E-state index contributed by atoms with van der Waals surface area (Å²) in [6.45, 7) is 0. The molecule has 28 heavy (non-hydrogen) atoms. The van der Waals surface area contributed by atoms with Gasteiger partial charge < -0.3 is 4.74 Å². The number of benzene rings is 3. The number of hydrogen-bond donors (Lipinski definition) is 1. The Bertz CT molecular complexity index is 1180. The Labute approximate surface area is 175 Å². The Morgan fingerprint density at radius 1 is 1.11 bits per heavy atom. The van der Waals surface area contributed by atoms with Crippen molar-refractivity contribution in [2.24, 2.45) is 0 Å². The van der Waals surface area contributed by atoms with Gasteiger partial charge in [-0.1, -0.05) is 65.7 Å². The zero-order valence-electron chi connectivity index (χ0n) is 14.7. The minimum atomic E-state index is -0.389. The van der Waals surface area contributed by atoms with Gasteiger partial charge in [0.25, 0.3) is 5.91 Å². The number of ether oxygens (including phenoxy) is 1. The zero-order valence-corrected chi connectivity index (χ0v) is 17.0. The molecule has 3 aromatic carbocycles. The lowest BCUT2D eigenvalue weighted by Gasteiger charge is -2.10. The number of fused-ring (bicyclic) bond motifs is 1. The minimum Gasteiger partial charge on any atom is -0.494 e. The van der Waals surface area contributed by atoms with Crippen LogP contribution in [0, 0.1) is 0 Å². The predicted octanol–water partition coefficient (Wildman–Crippen LogP) is 6.53. The number of nitrogens with one attached hydrogen (secondary N) is 1. The number of amides is 1. The van der Waals surface area contributed by atoms with Crippen LogP contribution in [0.2, 0.25) is 10.0 Å². The second-order valence-electron chi connectivity index (χ2n) is 5.99. The average molecular weight is 429 g/mol. The van der Waals surface area contributed by atoms with Crippen molar-refractivity contribution in [1.29, 1.82) is 0 Å². The smallest absolute Gasteiger partial charge is 0.261 e. The van der Waals surface area contributed by atoms with Gasteiger partial charge in [0.2, 0.25) is 0 Å². The Morgan fingerprint density at radius 3 is 2.71 bits per heavy atom. The summed E-state index contributed by atoms with van der Waals surface area (Å²) in [6, 6.07) is 17.2. The predicted molar refractivity (Wildman–Crippen MR) is 116 cm³/mol. The third-order valence-electron chi connectivity index (χ3n) is 4.25. The summed E-state index contributed by atoms with van der Waals surface area (Å²) in [5, 5.41) is 8.06. The van der Waals surface area contributed by atoms with Gasteiger partial charge in [0.1, 0.15) is 5.75 Å². The molecule has 140 valence electrons. The summed E-state index contributed by atoms with van der Waals surface area (Å²) in [4.78, 5) is 17.3. The van der Waals surface area contributed by atoms with Gasteiger partial charge in [-0.25, -0.2) is 4.98 Å². The summed E-state index contributed by atoms with van der Waals surface area (Å²) in [5.74, 6) is -0.116. The highest BCUT2D eigenvalue weighted by atomic mass is 35.5. The highest BCUT2D eigenvalue weighted by Gasteiger charge is 2.18. The van der Waals surface area contributed by atoms with E-state index in [1.807, 2.05) is 29.6 Å². The number of nitrogens with zero attached hydrogens (tertiary/aromatic N) is 1. The van der Waals surface area contributed by atoms with Crippen LogP contribution in [0.15, 0.2) is 60.0 Å². The van der Waals surface area contributed by atoms with Gasteiger partial charge in [-0.15, -0.1) is 11.3 Å². The largest absolute Gasteiger partial charge is 0.494 e. The molecule has 1 N–H and O–H groups in total. The number of methoxy groups -OCH3 is 1. The molecule has 0 spiro atoms. The van der Waals surface area contributed by atoms with Crippen LogP contribution in [0.4, 0.5) is 5.13 Å². The number of thiazole rings is 1. The van der Waals surface area contributed by atoms with E-state index >= 15 is 0 Å². The molecule has 0 saturated heterocycles. The van der Waals surface area contributed by atoms with Crippen LogP contribution >= 0.6 is 34.5 Å². The third-order valence-corrected chi connectivity index (χ3v) is 5.50. The van der Waals surface area contributed by atoms with Crippen LogP contribution in [-0.2, 0) is 0 Å². The number of carbonyl (C=O) groups is 1. The van der Waals surface area contributed by atoms with Crippen LogP contribution in [0.25, 0.3) is 22.0 Å². The maximum Gasteiger partial charge on any atom is 0.261 e. The van der Waals surface area contributed by atoms with E-state index in [0.29, 0.717) is 10.2 Å². The van der Waals surface area contributed by atoms with Crippen molar-refractivity contribution in [3.05, 3.63) is 75.6 Å². The molecule has 0 atom stereocenters. The van der Waals surface area contributed by atoms with E-state index in [1.54, 1.807) is 0 Å². The fraction of sp³-hybridized carbons (Fsp3) is 0.0476. The number of aromatic nitrogens is 1. The topological polar surface area (TPSA) is 51.2 Å². The molecule has 0 bridgehead atoms. The van der Waals surface area contributed by atoms with Crippen LogP contribution in [0.1, 0.15) is 10.4 Å². The Balaban J connectivity index is 1.65. The molecule has 7 heteroatoms. The number of hydrogen-bond acceptors (Lipinski definition) is 4. The van der Waals surface area contributed by atoms with E-state index in [2.05, 4.69) is 28.5 Å². The standard InChI is InChI=1S/C21H14Cl2N2O2S/c1-27-19-16(9-13(22)10-17(19)23)20(26)25-21-24-18(11-28-21)15-8-4-6-12-5-2-3-7-14(12)15/h2-11H,1H3,(H,24,25,26). The van der Waals surface area contributed by atoms with Gasteiger partial charge in [0.05, 0.1) is 23.4 Å². The normalized spacial score (nSPS) is 10.8. The van der Waals surface area contributed by atoms with E-state index in [-0.39, 0.29) is 22.2 Å². The van der Waals surface area contributed by atoms with E-state index < -0.39 is 0 Å². The second-order valence-corrected chi connectivity index (χ2v) is 7.69. The molecular weight excluding hydrogens is 415 g/mol.